The number of aromatic nitrogens is 4. The van der Waals surface area contributed by atoms with Crippen LogP contribution in [0, 0.1) is 11.2 Å². The van der Waals surface area contributed by atoms with Crippen molar-refractivity contribution in [2.45, 2.75) is 6.18 Å². The molecule has 1 saturated heterocycles. The molecule has 9 nitrogen and oxygen atoms in total. The standard InChI is InChI=1S/C15H18N4O.C14H9F4N3O/c1-18-7-9-19(10-8-18)15(20)14-11-13(16-17-14)12-5-3-2-4-6-12;15-9-3-1-8(2-4-9)12(19)5-11(14(16,17)18)13-20-6-10(7-22)21-13/h2-6,11H,7-10H2,1H3,(H,16,17);1-7,19H,(H,20,21)/b;11-5+,19-12?. The largest absolute Gasteiger partial charge is 0.420 e. The van der Waals surface area contributed by atoms with Crippen LogP contribution in [0.1, 0.15) is 32.4 Å². The molecule has 0 radical (unpaired) electrons. The summed E-state index contributed by atoms with van der Waals surface area (Å²) >= 11 is 0. The van der Waals surface area contributed by atoms with Crippen molar-refractivity contribution in [1.82, 2.24) is 30.0 Å². The molecule has 13 heteroatoms. The maximum atomic E-state index is 13.1. The lowest BCUT2D eigenvalue weighted by molar-refractivity contribution is -0.0693. The molecule has 2 aromatic heterocycles. The molecule has 0 aliphatic carbocycles. The van der Waals surface area contributed by atoms with Crippen molar-refractivity contribution in [3.8, 4) is 11.3 Å². The highest BCUT2D eigenvalue weighted by atomic mass is 19.4. The monoisotopic (exact) mass is 581 g/mol. The highest BCUT2D eigenvalue weighted by Crippen LogP contribution is 2.32. The van der Waals surface area contributed by atoms with Gasteiger partial charge in [-0.2, -0.15) is 18.3 Å². The number of imidazole rings is 1. The third-order valence-electron chi connectivity index (χ3n) is 6.40. The van der Waals surface area contributed by atoms with E-state index in [0.717, 1.165) is 55.8 Å². The molecular weight excluding hydrogens is 554 g/mol. The predicted molar refractivity (Wildman–Crippen MR) is 149 cm³/mol. The number of hydrogen-bond acceptors (Lipinski definition) is 6. The minimum absolute atomic E-state index is 0.0350. The molecule has 3 heterocycles. The van der Waals surface area contributed by atoms with Crippen LogP contribution in [0.3, 0.4) is 0 Å². The van der Waals surface area contributed by atoms with Gasteiger partial charge in [-0.1, -0.05) is 30.3 Å². The van der Waals surface area contributed by atoms with Crippen LogP contribution in [-0.2, 0) is 0 Å². The second-order valence-electron chi connectivity index (χ2n) is 9.41. The van der Waals surface area contributed by atoms with Gasteiger partial charge in [0.2, 0.25) is 0 Å². The smallest absolute Gasteiger partial charge is 0.336 e. The fraction of sp³-hybridized carbons (Fsp3) is 0.207. The van der Waals surface area contributed by atoms with Crippen LogP contribution in [0.25, 0.3) is 16.8 Å². The summed E-state index contributed by atoms with van der Waals surface area (Å²) in [6, 6.07) is 16.2. The van der Waals surface area contributed by atoms with Crippen LogP contribution in [-0.4, -0.2) is 87.3 Å². The number of likely N-dealkylation sites (N-methyl/N-ethyl adjacent to an activating group) is 1. The number of carbonyl (C=O) groups excluding carboxylic acids is 2. The van der Waals surface area contributed by atoms with E-state index in [-0.39, 0.29) is 17.2 Å². The lowest BCUT2D eigenvalue weighted by atomic mass is 10.1. The lowest BCUT2D eigenvalue weighted by Crippen LogP contribution is -2.47. The number of halogens is 4. The van der Waals surface area contributed by atoms with Gasteiger partial charge < -0.3 is 20.2 Å². The highest BCUT2D eigenvalue weighted by molar-refractivity contribution is 6.10. The summed E-state index contributed by atoms with van der Waals surface area (Å²) in [5.74, 6) is -1.09. The van der Waals surface area contributed by atoms with E-state index in [9.17, 15) is 27.2 Å². The molecule has 1 aliphatic rings. The van der Waals surface area contributed by atoms with Crippen LogP contribution >= 0.6 is 0 Å². The minimum atomic E-state index is -4.77. The Labute approximate surface area is 238 Å². The van der Waals surface area contributed by atoms with Gasteiger partial charge in [0.1, 0.15) is 22.9 Å². The maximum Gasteiger partial charge on any atom is 0.420 e. The number of carbonyl (C=O) groups is 2. The number of amides is 1. The van der Waals surface area contributed by atoms with Crippen molar-refractivity contribution in [3.63, 3.8) is 0 Å². The van der Waals surface area contributed by atoms with Crippen molar-refractivity contribution in [2.75, 3.05) is 33.2 Å². The Morgan fingerprint density at radius 3 is 2.29 bits per heavy atom. The van der Waals surface area contributed by atoms with Gasteiger partial charge in [-0.25, -0.2) is 9.37 Å². The first-order chi connectivity index (χ1) is 20.0. The molecule has 1 amide bonds. The number of nitrogens with one attached hydrogen (secondary N) is 3. The second kappa shape index (κ2) is 13.2. The number of rotatable bonds is 6. The van der Waals surface area contributed by atoms with Crippen molar-refractivity contribution < 1.29 is 27.2 Å². The van der Waals surface area contributed by atoms with Gasteiger partial charge in [0.25, 0.3) is 5.91 Å². The molecule has 1 fully saturated rings. The number of alkyl halides is 3. The summed E-state index contributed by atoms with van der Waals surface area (Å²) in [4.78, 5) is 32.7. The van der Waals surface area contributed by atoms with Crippen LogP contribution < -0.4 is 0 Å². The molecule has 4 aromatic rings. The number of hydrogen-bond donors (Lipinski definition) is 3. The Morgan fingerprint density at radius 2 is 1.69 bits per heavy atom. The average Bonchev–Trinajstić information content (AvgIpc) is 3.67. The van der Waals surface area contributed by atoms with E-state index in [4.69, 9.17) is 5.41 Å². The van der Waals surface area contributed by atoms with Gasteiger partial charge in [-0.3, -0.25) is 14.7 Å². The van der Waals surface area contributed by atoms with Gasteiger partial charge in [-0.15, -0.1) is 0 Å². The first-order valence-corrected chi connectivity index (χ1v) is 12.8. The minimum Gasteiger partial charge on any atom is -0.336 e. The summed E-state index contributed by atoms with van der Waals surface area (Å²) < 4.78 is 52.1. The Hall–Kier alpha value is -4.91. The van der Waals surface area contributed by atoms with E-state index in [1.54, 1.807) is 0 Å². The summed E-state index contributed by atoms with van der Waals surface area (Å²) in [5.41, 5.74) is 0.729. The van der Waals surface area contributed by atoms with Crippen molar-refractivity contribution >= 4 is 23.5 Å². The molecule has 0 spiro atoms. The number of H-pyrrole nitrogens is 2. The molecular formula is C29H27F4N7O2. The van der Waals surface area contributed by atoms with Gasteiger partial charge in [-0.05, 0) is 49.0 Å². The van der Waals surface area contributed by atoms with Crippen molar-refractivity contribution in [3.05, 3.63) is 102 Å². The SMILES string of the molecule is CN1CCN(C(=O)c2cc(-c3ccccc3)n[nH]2)CC1.N=C(/C=C(\c1ncc(C=O)[nH]1)C(F)(F)F)c1ccc(F)cc1. The third kappa shape index (κ3) is 7.63. The number of piperazine rings is 1. The summed E-state index contributed by atoms with van der Waals surface area (Å²) in [7, 11) is 2.07. The fourth-order valence-corrected chi connectivity index (χ4v) is 4.04. The summed E-state index contributed by atoms with van der Waals surface area (Å²) in [6.45, 7) is 3.39. The number of benzene rings is 2. The Kier molecular flexibility index (Phi) is 9.42. The summed E-state index contributed by atoms with van der Waals surface area (Å²) in [5, 5.41) is 14.8. The normalized spacial score (nSPS) is 14.2. The quantitative estimate of drug-likeness (QED) is 0.171. The topological polar surface area (TPSA) is 122 Å². The zero-order chi connectivity index (χ0) is 30.3. The molecule has 0 bridgehead atoms. The lowest BCUT2D eigenvalue weighted by Gasteiger charge is -2.31. The van der Waals surface area contributed by atoms with E-state index in [1.165, 1.54) is 12.1 Å². The van der Waals surface area contributed by atoms with Gasteiger partial charge >= 0.3 is 6.18 Å². The molecule has 3 N–H and O–H groups in total. The van der Waals surface area contributed by atoms with E-state index in [1.807, 2.05) is 41.3 Å². The number of aldehydes is 1. The van der Waals surface area contributed by atoms with Crippen LogP contribution in [0.2, 0.25) is 0 Å². The van der Waals surface area contributed by atoms with Gasteiger partial charge in [0, 0.05) is 31.7 Å². The number of aromatic amines is 2. The predicted octanol–water partition coefficient (Wildman–Crippen LogP) is 4.84. The van der Waals surface area contributed by atoms with E-state index in [0.29, 0.717) is 18.1 Å². The number of nitrogens with zero attached hydrogens (tertiary/aromatic N) is 4. The van der Waals surface area contributed by atoms with E-state index >= 15 is 0 Å². The highest BCUT2D eigenvalue weighted by Gasteiger charge is 2.37. The van der Waals surface area contributed by atoms with Gasteiger partial charge in [0.15, 0.2) is 6.29 Å². The first-order valence-electron chi connectivity index (χ1n) is 12.8. The van der Waals surface area contributed by atoms with Crippen LogP contribution in [0.4, 0.5) is 17.6 Å². The zero-order valence-corrected chi connectivity index (χ0v) is 22.5. The Balaban J connectivity index is 0.000000193. The first kappa shape index (κ1) is 30.1. The third-order valence-corrected chi connectivity index (χ3v) is 6.40. The molecule has 42 heavy (non-hydrogen) atoms. The van der Waals surface area contributed by atoms with Crippen molar-refractivity contribution in [2.24, 2.45) is 0 Å². The molecule has 218 valence electrons. The van der Waals surface area contributed by atoms with E-state index in [2.05, 4.69) is 32.1 Å². The Bertz CT molecular complexity index is 1550. The van der Waals surface area contributed by atoms with Crippen LogP contribution in [0.5, 0.6) is 0 Å². The molecule has 0 unspecified atom stereocenters. The Morgan fingerprint density at radius 1 is 1.02 bits per heavy atom. The maximum absolute atomic E-state index is 13.1. The second-order valence-corrected chi connectivity index (χ2v) is 9.41. The van der Waals surface area contributed by atoms with Crippen molar-refractivity contribution in [1.29, 1.82) is 5.41 Å². The summed E-state index contributed by atoms with van der Waals surface area (Å²) in [6.07, 6.45) is -2.91. The molecule has 5 rings (SSSR count). The number of allylic oxidation sites excluding steroid dienone is 2. The molecule has 1 aliphatic heterocycles. The fourth-order valence-electron chi connectivity index (χ4n) is 4.04. The molecule has 0 atom stereocenters. The molecule has 2 aromatic carbocycles. The zero-order valence-electron chi connectivity index (χ0n) is 22.5. The van der Waals surface area contributed by atoms with E-state index < -0.39 is 29.1 Å². The average molecular weight is 582 g/mol. The van der Waals surface area contributed by atoms with Gasteiger partial charge in [0.05, 0.1) is 23.3 Å². The van der Waals surface area contributed by atoms with Crippen LogP contribution in [0.15, 0.2) is 72.9 Å². The molecule has 0 saturated carbocycles.